The van der Waals surface area contributed by atoms with Crippen LogP contribution in [0.1, 0.15) is 44.6 Å². The smallest absolute Gasteiger partial charge is 0.0312 e. The second kappa shape index (κ2) is 7.01. The molecule has 2 N–H and O–H groups in total. The average Bonchev–Trinajstić information content (AvgIpc) is 2.42. The summed E-state index contributed by atoms with van der Waals surface area (Å²) in [5, 5.41) is 0. The average molecular weight is 261 g/mol. The van der Waals surface area contributed by atoms with Crippen molar-refractivity contribution in [3.8, 4) is 0 Å². The topological polar surface area (TPSA) is 42.1 Å². The van der Waals surface area contributed by atoms with Crippen LogP contribution in [-0.4, -0.2) is 29.0 Å². The molecule has 0 amide bonds. The van der Waals surface area contributed by atoms with Crippen LogP contribution in [0.5, 0.6) is 0 Å². The van der Waals surface area contributed by atoms with Crippen molar-refractivity contribution in [1.29, 1.82) is 0 Å². The standard InChI is InChI=1S/C16H27N3/c1-3-5-13-7-8-15(17)16(10-13)19(2)12-14-6-4-9-18-11-14/h4,6,9,11,13,15-16H,3,5,7-8,10,12,17H2,1-2H3. The highest BCUT2D eigenvalue weighted by Gasteiger charge is 2.30. The van der Waals surface area contributed by atoms with Crippen molar-refractivity contribution in [2.45, 2.75) is 57.7 Å². The number of nitrogens with zero attached hydrogens (tertiary/aromatic N) is 2. The van der Waals surface area contributed by atoms with E-state index in [0.29, 0.717) is 12.1 Å². The highest BCUT2D eigenvalue weighted by atomic mass is 15.1. The van der Waals surface area contributed by atoms with E-state index in [2.05, 4.69) is 29.9 Å². The highest BCUT2D eigenvalue weighted by Crippen LogP contribution is 2.30. The summed E-state index contributed by atoms with van der Waals surface area (Å²) >= 11 is 0. The molecule has 2 rings (SSSR count). The van der Waals surface area contributed by atoms with E-state index in [-0.39, 0.29) is 0 Å². The molecular weight excluding hydrogens is 234 g/mol. The fraction of sp³-hybridized carbons (Fsp3) is 0.688. The van der Waals surface area contributed by atoms with Gasteiger partial charge in [0.05, 0.1) is 0 Å². The zero-order valence-corrected chi connectivity index (χ0v) is 12.3. The summed E-state index contributed by atoms with van der Waals surface area (Å²) in [4.78, 5) is 6.61. The highest BCUT2D eigenvalue weighted by molar-refractivity contribution is 5.08. The van der Waals surface area contributed by atoms with E-state index in [0.717, 1.165) is 12.5 Å². The molecular formula is C16H27N3. The number of pyridine rings is 1. The SMILES string of the molecule is CCCC1CCC(N)C(N(C)Cc2cccnc2)C1. The lowest BCUT2D eigenvalue weighted by Gasteiger charge is -2.39. The molecule has 1 saturated carbocycles. The number of rotatable bonds is 5. The maximum atomic E-state index is 6.33. The van der Waals surface area contributed by atoms with E-state index >= 15 is 0 Å². The molecule has 0 saturated heterocycles. The lowest BCUT2D eigenvalue weighted by atomic mass is 9.80. The molecule has 1 heterocycles. The van der Waals surface area contributed by atoms with Crippen LogP contribution in [-0.2, 0) is 6.54 Å². The van der Waals surface area contributed by atoms with Gasteiger partial charge in [-0.15, -0.1) is 0 Å². The van der Waals surface area contributed by atoms with Crippen molar-refractivity contribution < 1.29 is 0 Å². The predicted molar refractivity (Wildman–Crippen MR) is 79.7 cm³/mol. The third-order valence-electron chi connectivity index (χ3n) is 4.40. The maximum Gasteiger partial charge on any atom is 0.0312 e. The number of aromatic nitrogens is 1. The van der Waals surface area contributed by atoms with Gasteiger partial charge < -0.3 is 5.73 Å². The molecule has 1 aromatic heterocycles. The number of likely N-dealkylation sites (N-methyl/N-ethyl adjacent to an activating group) is 1. The lowest BCUT2D eigenvalue weighted by molar-refractivity contribution is 0.127. The van der Waals surface area contributed by atoms with E-state index in [9.17, 15) is 0 Å². The summed E-state index contributed by atoms with van der Waals surface area (Å²) in [6, 6.07) is 4.99. The van der Waals surface area contributed by atoms with E-state index in [1.165, 1.54) is 37.7 Å². The number of hydrogen-bond donors (Lipinski definition) is 1. The zero-order valence-electron chi connectivity index (χ0n) is 12.3. The summed E-state index contributed by atoms with van der Waals surface area (Å²) in [5.74, 6) is 0.867. The largest absolute Gasteiger partial charge is 0.326 e. The fourth-order valence-corrected chi connectivity index (χ4v) is 3.33. The first-order chi connectivity index (χ1) is 9.20. The first-order valence-corrected chi connectivity index (χ1v) is 7.55. The Morgan fingerprint density at radius 3 is 2.95 bits per heavy atom. The normalized spacial score (nSPS) is 27.7. The molecule has 1 aliphatic rings. The Labute approximate surface area is 117 Å². The molecule has 3 heteroatoms. The molecule has 0 radical (unpaired) electrons. The maximum absolute atomic E-state index is 6.33. The molecule has 1 aliphatic carbocycles. The van der Waals surface area contributed by atoms with Crippen LogP contribution in [0, 0.1) is 5.92 Å². The Kier molecular flexibility index (Phi) is 5.34. The second-order valence-corrected chi connectivity index (χ2v) is 5.98. The van der Waals surface area contributed by atoms with Gasteiger partial charge in [-0.05, 0) is 43.9 Å². The summed E-state index contributed by atoms with van der Waals surface area (Å²) < 4.78 is 0. The predicted octanol–water partition coefficient (Wildman–Crippen LogP) is 2.81. The molecule has 19 heavy (non-hydrogen) atoms. The van der Waals surface area contributed by atoms with Crippen molar-refractivity contribution in [3.63, 3.8) is 0 Å². The van der Waals surface area contributed by atoms with E-state index < -0.39 is 0 Å². The van der Waals surface area contributed by atoms with Gasteiger partial charge in [0.25, 0.3) is 0 Å². The molecule has 1 fully saturated rings. The molecule has 0 spiro atoms. The summed E-state index contributed by atoms with van der Waals surface area (Å²) in [6.45, 7) is 3.23. The van der Waals surface area contributed by atoms with E-state index in [1.54, 1.807) is 0 Å². The van der Waals surface area contributed by atoms with Crippen LogP contribution in [0.2, 0.25) is 0 Å². The Morgan fingerprint density at radius 2 is 2.26 bits per heavy atom. The molecule has 0 bridgehead atoms. The first kappa shape index (κ1) is 14.5. The van der Waals surface area contributed by atoms with Gasteiger partial charge in [-0.25, -0.2) is 0 Å². The van der Waals surface area contributed by atoms with Crippen molar-refractivity contribution in [1.82, 2.24) is 9.88 Å². The van der Waals surface area contributed by atoms with Crippen molar-refractivity contribution in [3.05, 3.63) is 30.1 Å². The van der Waals surface area contributed by atoms with Crippen LogP contribution >= 0.6 is 0 Å². The van der Waals surface area contributed by atoms with Crippen molar-refractivity contribution >= 4 is 0 Å². The molecule has 0 aromatic carbocycles. The van der Waals surface area contributed by atoms with Gasteiger partial charge in [-0.2, -0.15) is 0 Å². The quantitative estimate of drug-likeness (QED) is 0.886. The first-order valence-electron chi connectivity index (χ1n) is 7.55. The van der Waals surface area contributed by atoms with E-state index in [4.69, 9.17) is 5.73 Å². The van der Waals surface area contributed by atoms with Gasteiger partial charge >= 0.3 is 0 Å². The molecule has 3 nitrogen and oxygen atoms in total. The van der Waals surface area contributed by atoms with Crippen LogP contribution in [0.4, 0.5) is 0 Å². The van der Waals surface area contributed by atoms with Crippen molar-refractivity contribution in [2.75, 3.05) is 7.05 Å². The van der Waals surface area contributed by atoms with Crippen LogP contribution < -0.4 is 5.73 Å². The van der Waals surface area contributed by atoms with Crippen molar-refractivity contribution in [2.24, 2.45) is 11.7 Å². The van der Waals surface area contributed by atoms with Gasteiger partial charge in [0, 0.05) is 31.0 Å². The third-order valence-corrected chi connectivity index (χ3v) is 4.40. The minimum atomic E-state index is 0.328. The summed E-state index contributed by atoms with van der Waals surface area (Å²) in [7, 11) is 2.20. The van der Waals surface area contributed by atoms with E-state index in [1.807, 2.05) is 18.5 Å². The Morgan fingerprint density at radius 1 is 1.42 bits per heavy atom. The Hall–Kier alpha value is -0.930. The van der Waals surface area contributed by atoms with Gasteiger partial charge in [0.2, 0.25) is 0 Å². The second-order valence-electron chi connectivity index (χ2n) is 5.98. The summed E-state index contributed by atoms with van der Waals surface area (Å²) in [6.07, 6.45) is 10.2. The minimum Gasteiger partial charge on any atom is -0.326 e. The molecule has 0 aliphatic heterocycles. The number of nitrogens with two attached hydrogens (primary N) is 1. The van der Waals surface area contributed by atoms with Crippen LogP contribution in [0.15, 0.2) is 24.5 Å². The molecule has 106 valence electrons. The minimum absolute atomic E-state index is 0.328. The Bertz CT molecular complexity index is 366. The van der Waals surface area contributed by atoms with Gasteiger partial charge in [-0.1, -0.05) is 25.8 Å². The molecule has 3 atom stereocenters. The molecule has 3 unspecified atom stereocenters. The monoisotopic (exact) mass is 261 g/mol. The third kappa shape index (κ3) is 4.02. The lowest BCUT2D eigenvalue weighted by Crippen LogP contribution is -2.49. The Balaban J connectivity index is 1.94. The summed E-state index contributed by atoms with van der Waals surface area (Å²) in [5.41, 5.74) is 7.61. The number of hydrogen-bond acceptors (Lipinski definition) is 3. The van der Waals surface area contributed by atoms with Gasteiger partial charge in [0.15, 0.2) is 0 Å². The fourth-order valence-electron chi connectivity index (χ4n) is 3.33. The molecule has 1 aromatic rings. The van der Waals surface area contributed by atoms with Gasteiger partial charge in [0.1, 0.15) is 0 Å². The van der Waals surface area contributed by atoms with Gasteiger partial charge in [-0.3, -0.25) is 9.88 Å². The van der Waals surface area contributed by atoms with Crippen LogP contribution in [0.25, 0.3) is 0 Å². The van der Waals surface area contributed by atoms with Crippen LogP contribution in [0.3, 0.4) is 0 Å². The zero-order chi connectivity index (χ0) is 13.7.